The Hall–Kier alpha value is -2.32. The van der Waals surface area contributed by atoms with Gasteiger partial charge in [-0.05, 0) is 60.4 Å². The third kappa shape index (κ3) is 2.38. The summed E-state index contributed by atoms with van der Waals surface area (Å²) >= 11 is 3.39. The molecule has 0 radical (unpaired) electrons. The van der Waals surface area contributed by atoms with Crippen LogP contribution in [0.25, 0.3) is 11.3 Å². The maximum absolute atomic E-state index is 12.4. The summed E-state index contributed by atoms with van der Waals surface area (Å²) in [5.41, 5.74) is 1.69. The van der Waals surface area contributed by atoms with Crippen molar-refractivity contribution < 1.29 is 5.11 Å². The molecule has 2 aliphatic rings. The van der Waals surface area contributed by atoms with Gasteiger partial charge in [0.15, 0.2) is 0 Å². The summed E-state index contributed by atoms with van der Waals surface area (Å²) in [5.74, 6) is 1.24. The number of nitrogens with zero attached hydrogens (tertiary/aromatic N) is 1. The van der Waals surface area contributed by atoms with Crippen molar-refractivity contribution in [2.75, 3.05) is 0 Å². The molecule has 3 atom stereocenters. The van der Waals surface area contributed by atoms with Crippen LogP contribution in [0.1, 0.15) is 29.9 Å². The fourth-order valence-electron chi connectivity index (χ4n) is 3.99. The Morgan fingerprint density at radius 1 is 1.25 bits per heavy atom. The van der Waals surface area contributed by atoms with Gasteiger partial charge in [0.1, 0.15) is 17.4 Å². The average molecular weight is 383 g/mol. The molecule has 0 aliphatic heterocycles. The molecule has 2 bridgehead atoms. The standard InChI is InChI=1S/C19H15BrN2O2/c20-12-3-4-18(23)15(7-12)17-8-14(16(9-21)19(24)22-17)13-6-10-1-2-11(13)5-10/h1-4,7-8,10-11,13,23H,5-6H2,(H,22,24)/t10-,11+,13?/m1/s1. The van der Waals surface area contributed by atoms with Crippen LogP contribution in [0.3, 0.4) is 0 Å². The zero-order valence-corrected chi connectivity index (χ0v) is 14.4. The van der Waals surface area contributed by atoms with Gasteiger partial charge in [0.2, 0.25) is 0 Å². The molecule has 1 fully saturated rings. The topological polar surface area (TPSA) is 76.9 Å². The molecule has 0 saturated heterocycles. The van der Waals surface area contributed by atoms with Gasteiger partial charge < -0.3 is 10.1 Å². The van der Waals surface area contributed by atoms with Crippen molar-refractivity contribution in [3.63, 3.8) is 0 Å². The molecular weight excluding hydrogens is 368 g/mol. The zero-order chi connectivity index (χ0) is 16.8. The first-order valence-electron chi connectivity index (χ1n) is 7.91. The molecule has 2 N–H and O–H groups in total. The van der Waals surface area contributed by atoms with Gasteiger partial charge in [-0.25, -0.2) is 0 Å². The zero-order valence-electron chi connectivity index (χ0n) is 12.8. The van der Waals surface area contributed by atoms with Crippen LogP contribution in [0.2, 0.25) is 0 Å². The number of allylic oxidation sites excluding steroid dienone is 2. The normalized spacial score (nSPS) is 24.2. The Bertz CT molecular complexity index is 955. The average Bonchev–Trinajstić information content (AvgIpc) is 3.19. The Morgan fingerprint density at radius 2 is 2.08 bits per heavy atom. The second-order valence-corrected chi connectivity index (χ2v) is 7.42. The first-order chi connectivity index (χ1) is 11.6. The number of rotatable bonds is 2. The number of phenolic OH excluding ortho intramolecular Hbond substituents is 1. The molecule has 4 rings (SSSR count). The van der Waals surface area contributed by atoms with Crippen LogP contribution in [0, 0.1) is 23.2 Å². The number of nitrogens with one attached hydrogen (secondary N) is 1. The molecule has 1 unspecified atom stereocenters. The second-order valence-electron chi connectivity index (χ2n) is 6.50. The number of hydrogen-bond acceptors (Lipinski definition) is 3. The van der Waals surface area contributed by atoms with Crippen LogP contribution in [0.5, 0.6) is 5.75 Å². The van der Waals surface area contributed by atoms with Crippen molar-refractivity contribution >= 4 is 15.9 Å². The van der Waals surface area contributed by atoms with E-state index in [-0.39, 0.29) is 17.2 Å². The molecule has 24 heavy (non-hydrogen) atoms. The van der Waals surface area contributed by atoms with Crippen molar-refractivity contribution in [2.45, 2.75) is 18.8 Å². The van der Waals surface area contributed by atoms with E-state index in [2.05, 4.69) is 39.1 Å². The number of benzene rings is 1. The van der Waals surface area contributed by atoms with E-state index in [1.54, 1.807) is 18.2 Å². The number of nitriles is 1. The number of aromatic hydroxyl groups is 1. The van der Waals surface area contributed by atoms with E-state index in [1.807, 2.05) is 6.07 Å². The summed E-state index contributed by atoms with van der Waals surface area (Å²) in [6, 6.07) is 9.01. The molecule has 1 aromatic heterocycles. The minimum atomic E-state index is -0.392. The molecular formula is C19H15BrN2O2. The summed E-state index contributed by atoms with van der Waals surface area (Å²) in [5, 5.41) is 19.6. The molecule has 5 heteroatoms. The smallest absolute Gasteiger partial charge is 0.266 e. The van der Waals surface area contributed by atoms with Crippen LogP contribution >= 0.6 is 15.9 Å². The van der Waals surface area contributed by atoms with Crippen LogP contribution < -0.4 is 5.56 Å². The van der Waals surface area contributed by atoms with Gasteiger partial charge in [0.05, 0.1) is 5.69 Å². The van der Waals surface area contributed by atoms with E-state index in [0.29, 0.717) is 23.1 Å². The van der Waals surface area contributed by atoms with E-state index in [4.69, 9.17) is 0 Å². The molecule has 2 aliphatic carbocycles. The lowest BCUT2D eigenvalue weighted by Gasteiger charge is -2.20. The molecule has 1 aromatic carbocycles. The molecule has 1 saturated carbocycles. The molecule has 120 valence electrons. The number of halogens is 1. The SMILES string of the molecule is N#Cc1c(C2C[C@@H]3C=C[C@H]2C3)cc(-c2cc(Br)ccc2O)[nH]c1=O. The van der Waals surface area contributed by atoms with E-state index < -0.39 is 5.56 Å². The number of aromatic amines is 1. The number of H-pyrrole nitrogens is 1. The molecule has 1 heterocycles. The summed E-state index contributed by atoms with van der Waals surface area (Å²) in [6.07, 6.45) is 6.52. The Labute approximate surface area is 147 Å². The Balaban J connectivity index is 1.89. The number of phenols is 1. The van der Waals surface area contributed by atoms with E-state index in [9.17, 15) is 15.2 Å². The minimum absolute atomic E-state index is 0.0948. The van der Waals surface area contributed by atoms with Crippen LogP contribution in [-0.2, 0) is 0 Å². The van der Waals surface area contributed by atoms with Crippen molar-refractivity contribution in [3.8, 4) is 23.1 Å². The second kappa shape index (κ2) is 5.64. The fourth-order valence-corrected chi connectivity index (χ4v) is 4.36. The lowest BCUT2D eigenvalue weighted by atomic mass is 9.84. The maximum Gasteiger partial charge on any atom is 0.266 e. The van der Waals surface area contributed by atoms with Gasteiger partial charge in [-0.1, -0.05) is 28.1 Å². The van der Waals surface area contributed by atoms with E-state index in [0.717, 1.165) is 22.9 Å². The van der Waals surface area contributed by atoms with Gasteiger partial charge in [0.25, 0.3) is 5.56 Å². The van der Waals surface area contributed by atoms with Gasteiger partial charge >= 0.3 is 0 Å². The maximum atomic E-state index is 12.4. The Morgan fingerprint density at radius 3 is 2.75 bits per heavy atom. The molecule has 0 spiro atoms. The highest BCUT2D eigenvalue weighted by Crippen LogP contribution is 2.49. The third-order valence-electron chi connectivity index (χ3n) is 5.10. The Kier molecular flexibility index (Phi) is 3.58. The summed E-state index contributed by atoms with van der Waals surface area (Å²) < 4.78 is 0.810. The minimum Gasteiger partial charge on any atom is -0.507 e. The van der Waals surface area contributed by atoms with Crippen LogP contribution in [0.4, 0.5) is 0 Å². The summed E-state index contributed by atoms with van der Waals surface area (Å²) in [7, 11) is 0. The molecule has 0 amide bonds. The largest absolute Gasteiger partial charge is 0.507 e. The van der Waals surface area contributed by atoms with Crippen molar-refractivity contribution in [1.29, 1.82) is 5.26 Å². The summed E-state index contributed by atoms with van der Waals surface area (Å²) in [6.45, 7) is 0. The monoisotopic (exact) mass is 382 g/mol. The number of hydrogen-bond donors (Lipinski definition) is 2. The molecule has 4 nitrogen and oxygen atoms in total. The first-order valence-corrected chi connectivity index (χ1v) is 8.70. The van der Waals surface area contributed by atoms with Crippen molar-refractivity contribution in [2.24, 2.45) is 11.8 Å². The van der Waals surface area contributed by atoms with Gasteiger partial charge in [-0.2, -0.15) is 5.26 Å². The number of fused-ring (bicyclic) bond motifs is 2. The van der Waals surface area contributed by atoms with Crippen LogP contribution in [0.15, 0.2) is 45.7 Å². The number of pyridine rings is 1. The fraction of sp³-hybridized carbons (Fsp3) is 0.263. The first kappa shape index (κ1) is 15.2. The lowest BCUT2D eigenvalue weighted by Crippen LogP contribution is -2.18. The predicted molar refractivity (Wildman–Crippen MR) is 94.7 cm³/mol. The highest BCUT2D eigenvalue weighted by atomic mass is 79.9. The summed E-state index contributed by atoms with van der Waals surface area (Å²) in [4.78, 5) is 15.2. The lowest BCUT2D eigenvalue weighted by molar-refractivity contribution is 0.477. The number of aromatic nitrogens is 1. The van der Waals surface area contributed by atoms with Gasteiger partial charge in [0, 0.05) is 10.0 Å². The van der Waals surface area contributed by atoms with Crippen LogP contribution in [-0.4, -0.2) is 10.1 Å². The third-order valence-corrected chi connectivity index (χ3v) is 5.60. The predicted octanol–water partition coefficient (Wildman–Crippen LogP) is 4.06. The van der Waals surface area contributed by atoms with Crippen molar-refractivity contribution in [3.05, 3.63) is 62.4 Å². The van der Waals surface area contributed by atoms with Gasteiger partial charge in [-0.3, -0.25) is 4.79 Å². The quantitative estimate of drug-likeness (QED) is 0.768. The highest BCUT2D eigenvalue weighted by Gasteiger charge is 2.38. The van der Waals surface area contributed by atoms with E-state index in [1.165, 1.54) is 0 Å². The van der Waals surface area contributed by atoms with Crippen molar-refractivity contribution in [1.82, 2.24) is 4.98 Å². The highest BCUT2D eigenvalue weighted by molar-refractivity contribution is 9.10. The van der Waals surface area contributed by atoms with Gasteiger partial charge in [-0.15, -0.1) is 0 Å². The molecule has 2 aromatic rings. The van der Waals surface area contributed by atoms with E-state index >= 15 is 0 Å².